The second-order valence-corrected chi connectivity index (χ2v) is 13.2. The van der Waals surface area contributed by atoms with Crippen LogP contribution in [0.3, 0.4) is 0 Å². The molecule has 3 aromatic carbocycles. The third-order valence-electron chi connectivity index (χ3n) is 8.87. The van der Waals surface area contributed by atoms with Crippen molar-refractivity contribution in [3.8, 4) is 16.9 Å². The van der Waals surface area contributed by atoms with Gasteiger partial charge in [-0.25, -0.2) is 14.8 Å². The molecule has 0 spiro atoms. The lowest BCUT2D eigenvalue weighted by molar-refractivity contribution is -0.142. The minimum absolute atomic E-state index is 0.0123. The van der Waals surface area contributed by atoms with E-state index in [2.05, 4.69) is 36.3 Å². The Morgan fingerprint density at radius 2 is 1.86 bits per heavy atom. The van der Waals surface area contributed by atoms with Crippen molar-refractivity contribution in [1.29, 1.82) is 0 Å². The van der Waals surface area contributed by atoms with Gasteiger partial charge in [0.05, 0.1) is 29.1 Å². The van der Waals surface area contributed by atoms with E-state index >= 15 is 0 Å². The van der Waals surface area contributed by atoms with E-state index in [1.54, 1.807) is 41.4 Å². The van der Waals surface area contributed by atoms with Crippen molar-refractivity contribution >= 4 is 38.6 Å². The van der Waals surface area contributed by atoms with Gasteiger partial charge in [0.2, 0.25) is 0 Å². The van der Waals surface area contributed by atoms with E-state index in [1.165, 1.54) is 33.8 Å². The van der Waals surface area contributed by atoms with Gasteiger partial charge in [-0.3, -0.25) is 23.4 Å². The fourth-order valence-electron chi connectivity index (χ4n) is 6.41. The predicted octanol–water partition coefficient (Wildman–Crippen LogP) is 6.05. The highest BCUT2D eigenvalue weighted by molar-refractivity contribution is 9.10. The topological polar surface area (TPSA) is 120 Å². The molecule has 0 bridgehead atoms. The lowest BCUT2D eigenvalue weighted by Crippen LogP contribution is -2.47. The van der Waals surface area contributed by atoms with Gasteiger partial charge in [0, 0.05) is 52.5 Å². The fraction of sp³-hybridized carbons (Fsp3) is 0.222. The van der Waals surface area contributed by atoms with Gasteiger partial charge in [-0.05, 0) is 67.4 Å². The molecule has 6 aromatic rings. The normalized spacial score (nSPS) is 14.5. The number of alkyl halides is 3. The summed E-state index contributed by atoms with van der Waals surface area (Å²) in [6.45, 7) is 2.60. The van der Waals surface area contributed by atoms with Gasteiger partial charge < -0.3 is 10.2 Å². The molecule has 0 fully saturated rings. The second-order valence-electron chi connectivity index (χ2n) is 12.4. The summed E-state index contributed by atoms with van der Waals surface area (Å²) in [6, 6.07) is 18.7. The summed E-state index contributed by atoms with van der Waals surface area (Å²) in [4.78, 5) is 52.4. The molecular weight excluding hydrogens is 729 g/mol. The van der Waals surface area contributed by atoms with Crippen LogP contribution in [0.25, 0.3) is 27.8 Å². The van der Waals surface area contributed by atoms with Crippen molar-refractivity contribution in [3.05, 3.63) is 128 Å². The zero-order chi connectivity index (χ0) is 36.0. The Morgan fingerprint density at radius 1 is 1.06 bits per heavy atom. The highest BCUT2D eigenvalue weighted by atomic mass is 79.9. The molecule has 3 aromatic heterocycles. The number of carbonyl (C=O) groups is 2. The molecule has 0 aliphatic carbocycles. The first kappa shape index (κ1) is 33.9. The molecule has 51 heavy (non-hydrogen) atoms. The average Bonchev–Trinajstić information content (AvgIpc) is 3.63. The van der Waals surface area contributed by atoms with E-state index in [4.69, 9.17) is 0 Å². The maximum Gasteiger partial charge on any atom is 0.408 e. The molecule has 7 rings (SSSR count). The number of nitrogens with zero attached hydrogens (tertiary/aromatic N) is 7. The van der Waals surface area contributed by atoms with Crippen LogP contribution in [0.1, 0.15) is 44.6 Å². The number of aryl methyl sites for hydroxylation is 1. The monoisotopic (exact) mass is 758 g/mol. The van der Waals surface area contributed by atoms with Gasteiger partial charge in [-0.1, -0.05) is 40.2 Å². The standard InChI is InChI=1S/C36H30BrF3N8O3/c1-21-13-23(7-9-28(21)37)34(50)46-18-31-32(33(49)42-15-24-5-3-4-6-27(24)30-11-12-41-20-43-30)48(35(51)47(31)16-22(46)2)26-8-10-29-25(14-26)17-45(44-29)19-36(38,39)40/h3-14,17,20,22H,15-16,18-19H2,1-2H3,(H,42,49)/t22-/m0/s1. The maximum absolute atomic E-state index is 14.3. The van der Waals surface area contributed by atoms with Crippen LogP contribution in [0, 0.1) is 6.92 Å². The van der Waals surface area contributed by atoms with E-state index in [0.29, 0.717) is 27.9 Å². The Labute approximate surface area is 297 Å². The van der Waals surface area contributed by atoms with Crippen molar-refractivity contribution in [1.82, 2.24) is 39.1 Å². The second kappa shape index (κ2) is 13.3. The van der Waals surface area contributed by atoms with E-state index in [9.17, 15) is 27.6 Å². The Morgan fingerprint density at radius 3 is 2.61 bits per heavy atom. The van der Waals surface area contributed by atoms with Crippen LogP contribution >= 0.6 is 15.9 Å². The molecule has 1 aliphatic heterocycles. The molecule has 260 valence electrons. The number of halogens is 4. The third-order valence-corrected chi connectivity index (χ3v) is 9.76. The summed E-state index contributed by atoms with van der Waals surface area (Å²) < 4.78 is 43.8. The molecule has 11 nitrogen and oxygen atoms in total. The number of benzene rings is 3. The number of hydrogen-bond acceptors (Lipinski definition) is 6. The molecule has 15 heteroatoms. The number of aromatic nitrogens is 6. The number of hydrogen-bond donors (Lipinski definition) is 1. The van der Waals surface area contributed by atoms with Crippen LogP contribution in [-0.4, -0.2) is 57.8 Å². The van der Waals surface area contributed by atoms with Crippen molar-refractivity contribution in [2.75, 3.05) is 0 Å². The van der Waals surface area contributed by atoms with Crippen LogP contribution < -0.4 is 11.0 Å². The number of rotatable bonds is 7. The third kappa shape index (κ3) is 6.68. The molecule has 1 atom stereocenters. The minimum atomic E-state index is -4.48. The minimum Gasteiger partial charge on any atom is -0.347 e. The molecule has 0 radical (unpaired) electrons. The summed E-state index contributed by atoms with van der Waals surface area (Å²) in [5.41, 5.74) is 3.94. The molecule has 1 aliphatic rings. The number of amides is 2. The SMILES string of the molecule is Cc1cc(C(=O)N2Cc3c(C(=O)NCc4ccccc4-c4ccncn4)n(-c4ccc5nn(CC(F)(F)F)cc5c4)c(=O)n3C[C@@H]2C)ccc1Br. The van der Waals surface area contributed by atoms with E-state index in [-0.39, 0.29) is 36.9 Å². The Bertz CT molecular complexity index is 2370. The van der Waals surface area contributed by atoms with Gasteiger partial charge in [0.25, 0.3) is 11.8 Å². The Hall–Kier alpha value is -5.57. The van der Waals surface area contributed by atoms with Gasteiger partial charge in [-0.15, -0.1) is 0 Å². The molecule has 1 N–H and O–H groups in total. The van der Waals surface area contributed by atoms with Crippen LogP contribution in [0.5, 0.6) is 0 Å². The lowest BCUT2D eigenvalue weighted by Gasteiger charge is -2.34. The molecule has 0 saturated heterocycles. The van der Waals surface area contributed by atoms with Crippen molar-refractivity contribution in [2.45, 2.75) is 52.2 Å². The summed E-state index contributed by atoms with van der Waals surface area (Å²) >= 11 is 3.47. The first-order valence-electron chi connectivity index (χ1n) is 16.0. The van der Waals surface area contributed by atoms with Crippen LogP contribution in [0.2, 0.25) is 0 Å². The van der Waals surface area contributed by atoms with Gasteiger partial charge in [0.15, 0.2) is 0 Å². The lowest BCUT2D eigenvalue weighted by atomic mass is 10.0. The van der Waals surface area contributed by atoms with Crippen LogP contribution in [-0.2, 0) is 26.2 Å². The summed E-state index contributed by atoms with van der Waals surface area (Å²) in [6.07, 6.45) is -0.170. The quantitative estimate of drug-likeness (QED) is 0.212. The number of nitrogens with one attached hydrogen (secondary N) is 1. The summed E-state index contributed by atoms with van der Waals surface area (Å²) in [7, 11) is 0. The zero-order valence-corrected chi connectivity index (χ0v) is 28.9. The van der Waals surface area contributed by atoms with Gasteiger partial charge in [-0.2, -0.15) is 18.3 Å². The Kier molecular flexibility index (Phi) is 8.83. The number of carbonyl (C=O) groups excluding carboxylic acids is 2. The van der Waals surface area contributed by atoms with E-state index < -0.39 is 30.4 Å². The van der Waals surface area contributed by atoms with Crippen molar-refractivity contribution in [3.63, 3.8) is 0 Å². The average molecular weight is 760 g/mol. The molecule has 0 saturated carbocycles. The van der Waals surface area contributed by atoms with Crippen LogP contribution in [0.15, 0.2) is 94.7 Å². The fourth-order valence-corrected chi connectivity index (χ4v) is 6.65. The molecule has 2 amide bonds. The first-order valence-corrected chi connectivity index (χ1v) is 16.8. The Balaban J connectivity index is 1.30. The molecule has 4 heterocycles. The molecular formula is C36H30BrF3N8O3. The van der Waals surface area contributed by atoms with Gasteiger partial charge >= 0.3 is 11.9 Å². The van der Waals surface area contributed by atoms with Crippen LogP contribution in [0.4, 0.5) is 13.2 Å². The smallest absolute Gasteiger partial charge is 0.347 e. The summed E-state index contributed by atoms with van der Waals surface area (Å²) in [5.74, 6) is -0.833. The summed E-state index contributed by atoms with van der Waals surface area (Å²) in [5, 5.41) is 7.34. The van der Waals surface area contributed by atoms with Gasteiger partial charge in [0.1, 0.15) is 18.6 Å². The van der Waals surface area contributed by atoms with E-state index in [1.807, 2.05) is 38.1 Å². The number of fused-ring (bicyclic) bond motifs is 2. The predicted molar refractivity (Wildman–Crippen MR) is 186 cm³/mol. The zero-order valence-electron chi connectivity index (χ0n) is 27.4. The highest BCUT2D eigenvalue weighted by Gasteiger charge is 2.36. The number of imidazole rings is 1. The molecule has 0 unspecified atom stereocenters. The van der Waals surface area contributed by atoms with Crippen molar-refractivity contribution < 1.29 is 22.8 Å². The largest absolute Gasteiger partial charge is 0.408 e. The van der Waals surface area contributed by atoms with E-state index in [0.717, 1.165) is 25.8 Å². The maximum atomic E-state index is 14.3. The first-order chi connectivity index (χ1) is 24.4. The van der Waals surface area contributed by atoms with Crippen molar-refractivity contribution in [2.24, 2.45) is 0 Å². The highest BCUT2D eigenvalue weighted by Crippen LogP contribution is 2.28.